The average Bonchev–Trinajstić information content (AvgIpc) is 3.03. The number of amides is 4. The van der Waals surface area contributed by atoms with Gasteiger partial charge < -0.3 is 14.7 Å². The highest BCUT2D eigenvalue weighted by molar-refractivity contribution is 7.85. The molecule has 0 aromatic heterocycles. The van der Waals surface area contributed by atoms with Crippen LogP contribution in [0.3, 0.4) is 0 Å². The summed E-state index contributed by atoms with van der Waals surface area (Å²) in [5.74, 6) is -2.42. The summed E-state index contributed by atoms with van der Waals surface area (Å²) in [4.78, 5) is 54.9. The Morgan fingerprint density at radius 3 is 2.17 bits per heavy atom. The van der Waals surface area contributed by atoms with Gasteiger partial charge in [0, 0.05) is 49.9 Å². The number of hydrogen-bond donors (Lipinski definition) is 2. The molecule has 12 nitrogen and oxygen atoms in total. The van der Waals surface area contributed by atoms with Gasteiger partial charge in [-0.3, -0.25) is 28.7 Å². The summed E-state index contributed by atoms with van der Waals surface area (Å²) in [6.07, 6.45) is 5.38. The molecule has 0 spiro atoms. The molecule has 0 bridgehead atoms. The number of nitrogens with zero attached hydrogens (tertiary/aromatic N) is 3. The van der Waals surface area contributed by atoms with Gasteiger partial charge in [-0.1, -0.05) is 36.8 Å². The molecule has 47 heavy (non-hydrogen) atoms. The fourth-order valence-corrected chi connectivity index (χ4v) is 5.94. The number of rotatable bonds is 15. The van der Waals surface area contributed by atoms with Crippen molar-refractivity contribution in [2.75, 3.05) is 36.8 Å². The predicted octanol–water partition coefficient (Wildman–Crippen LogP) is 4.88. The largest absolute Gasteiger partial charge is 0.481 e. The third-order valence-corrected chi connectivity index (χ3v) is 8.67. The van der Waals surface area contributed by atoms with Crippen molar-refractivity contribution in [1.82, 2.24) is 9.80 Å². The molecule has 2 aromatic carbocycles. The highest BCUT2D eigenvalue weighted by atomic mass is 32.2. The molecule has 0 unspecified atom stereocenters. The van der Waals surface area contributed by atoms with Crippen molar-refractivity contribution in [3.63, 3.8) is 0 Å². The molecule has 4 rings (SSSR count). The van der Waals surface area contributed by atoms with Crippen LogP contribution in [0.1, 0.15) is 57.1 Å². The van der Waals surface area contributed by atoms with Crippen molar-refractivity contribution >= 4 is 45.2 Å². The van der Waals surface area contributed by atoms with Gasteiger partial charge in [0.2, 0.25) is 0 Å². The van der Waals surface area contributed by atoms with E-state index in [2.05, 4.69) is 18.7 Å². The number of anilines is 1. The first-order valence-corrected chi connectivity index (χ1v) is 17.1. The second-order valence-corrected chi connectivity index (χ2v) is 12.6. The number of urea groups is 1. The van der Waals surface area contributed by atoms with Gasteiger partial charge in [-0.2, -0.15) is 8.42 Å². The Bertz CT molecular complexity index is 1710. The average molecular weight is 666 g/mol. The monoisotopic (exact) mass is 665 g/mol. The molecule has 2 heterocycles. The highest BCUT2D eigenvalue weighted by Gasteiger charge is 2.41. The standard InChI is InChI=1S/C34H39N3O9S/c1-3-35(4-2)25-15-17-27-29(24-12-7-5-8-13-24)23-26(46-30(27)22-25)16-18-28-32(40)36(19-10-6-9-14-31(38)39)34(42)37(33(28)41)20-11-21-47(43,44)45/h5,7-8,12-13,15-18,22-23H,3-4,6,9-11,14,19-21H2,1-2H3,(H,38,39)(H,43,44,45)/b26-16-,28-18+. The third-order valence-electron chi connectivity index (χ3n) is 7.87. The smallest absolute Gasteiger partial charge is 0.333 e. The molecule has 2 aromatic rings. The maximum absolute atomic E-state index is 13.5. The lowest BCUT2D eigenvalue weighted by molar-refractivity contribution is -0.138. The number of hydrogen-bond acceptors (Lipinski definition) is 8. The fourth-order valence-electron chi connectivity index (χ4n) is 5.45. The summed E-state index contributed by atoms with van der Waals surface area (Å²) in [5, 5.41) is 8.89. The number of carbonyl (C=O) groups excluding carboxylic acids is 3. The van der Waals surface area contributed by atoms with Crippen LogP contribution in [0.15, 0.2) is 78.1 Å². The minimum Gasteiger partial charge on any atom is -0.481 e. The van der Waals surface area contributed by atoms with Gasteiger partial charge >= 0.3 is 12.0 Å². The molecular formula is C34H39N3O9S. The number of aliphatic carboxylic acids is 1. The SMILES string of the molecule is CCN(CC)c1ccc2c(c1)O/C(=C\C=C1/C(=O)N(CCCCCC(=O)O)C(=O)N(CCCS(=O)(=O)O)C1=O)C=C2c1ccccc1. The molecule has 2 N–H and O–H groups in total. The van der Waals surface area contributed by atoms with Crippen LogP contribution >= 0.6 is 0 Å². The summed E-state index contributed by atoms with van der Waals surface area (Å²) < 4.78 is 38.0. The maximum atomic E-state index is 13.5. The van der Waals surface area contributed by atoms with Crippen LogP contribution in [-0.4, -0.2) is 83.6 Å². The van der Waals surface area contributed by atoms with Gasteiger partial charge in [0.05, 0.1) is 5.75 Å². The lowest BCUT2D eigenvalue weighted by Crippen LogP contribution is -2.56. The van der Waals surface area contributed by atoms with Crippen molar-refractivity contribution in [3.8, 4) is 5.75 Å². The summed E-state index contributed by atoms with van der Waals surface area (Å²) in [7, 11) is -4.34. The number of imide groups is 2. The van der Waals surface area contributed by atoms with E-state index in [1.807, 2.05) is 48.5 Å². The van der Waals surface area contributed by atoms with Crippen LogP contribution in [-0.2, 0) is 24.5 Å². The number of carbonyl (C=O) groups is 4. The van der Waals surface area contributed by atoms with Crippen LogP contribution in [0, 0.1) is 0 Å². The number of carboxylic acids is 1. The second-order valence-electron chi connectivity index (χ2n) is 11.1. The van der Waals surface area contributed by atoms with Crippen molar-refractivity contribution in [2.45, 2.75) is 46.0 Å². The molecule has 1 saturated heterocycles. The second kappa shape index (κ2) is 15.7. The van der Waals surface area contributed by atoms with Crippen LogP contribution in [0.25, 0.3) is 5.57 Å². The van der Waals surface area contributed by atoms with E-state index in [0.717, 1.165) is 45.3 Å². The van der Waals surface area contributed by atoms with Crippen LogP contribution < -0.4 is 9.64 Å². The Hall–Kier alpha value is -4.75. The zero-order valence-corrected chi connectivity index (χ0v) is 27.2. The lowest BCUT2D eigenvalue weighted by atomic mass is 9.94. The fraction of sp³-hybridized carbons (Fsp3) is 0.353. The van der Waals surface area contributed by atoms with E-state index in [1.54, 1.807) is 6.08 Å². The van der Waals surface area contributed by atoms with Gasteiger partial charge in [-0.25, -0.2) is 4.79 Å². The van der Waals surface area contributed by atoms with E-state index < -0.39 is 39.7 Å². The van der Waals surface area contributed by atoms with Crippen LogP contribution in [0.5, 0.6) is 5.75 Å². The van der Waals surface area contributed by atoms with Crippen molar-refractivity contribution in [3.05, 3.63) is 89.2 Å². The Labute approximate surface area is 274 Å². The van der Waals surface area contributed by atoms with Gasteiger partial charge in [0.25, 0.3) is 21.9 Å². The van der Waals surface area contributed by atoms with Gasteiger partial charge in [0.1, 0.15) is 17.1 Å². The van der Waals surface area contributed by atoms with E-state index in [9.17, 15) is 27.6 Å². The molecule has 0 saturated carbocycles. The first kappa shape index (κ1) is 35.1. The summed E-state index contributed by atoms with van der Waals surface area (Å²) in [5.41, 5.74) is 3.31. The minimum absolute atomic E-state index is 0.0567. The van der Waals surface area contributed by atoms with Crippen molar-refractivity contribution < 1.29 is 42.0 Å². The molecule has 0 radical (unpaired) electrons. The van der Waals surface area contributed by atoms with Crippen molar-refractivity contribution in [1.29, 1.82) is 0 Å². The number of carboxylic acid groups (broad SMARTS) is 1. The Kier molecular flexibility index (Phi) is 11.7. The molecule has 4 amide bonds. The number of benzene rings is 2. The van der Waals surface area contributed by atoms with E-state index in [1.165, 1.54) is 12.2 Å². The highest BCUT2D eigenvalue weighted by Crippen LogP contribution is 2.39. The minimum atomic E-state index is -4.34. The maximum Gasteiger partial charge on any atom is 0.333 e. The predicted molar refractivity (Wildman–Crippen MR) is 176 cm³/mol. The molecule has 13 heteroatoms. The van der Waals surface area contributed by atoms with Gasteiger partial charge in [-0.05, 0) is 74.6 Å². The molecule has 250 valence electrons. The number of unbranched alkanes of at least 4 members (excludes halogenated alkanes) is 2. The first-order valence-electron chi connectivity index (χ1n) is 15.5. The number of allylic oxidation sites excluding steroid dienone is 3. The Balaban J connectivity index is 1.70. The number of barbiturate groups is 1. The molecule has 1 fully saturated rings. The lowest BCUT2D eigenvalue weighted by Gasteiger charge is -2.34. The van der Waals surface area contributed by atoms with E-state index >= 15 is 0 Å². The first-order chi connectivity index (χ1) is 22.4. The Morgan fingerprint density at radius 1 is 0.894 bits per heavy atom. The summed E-state index contributed by atoms with van der Waals surface area (Å²) in [6.45, 7) is 5.31. The summed E-state index contributed by atoms with van der Waals surface area (Å²) >= 11 is 0. The van der Waals surface area contributed by atoms with E-state index in [-0.39, 0.29) is 31.5 Å². The Morgan fingerprint density at radius 2 is 1.55 bits per heavy atom. The normalized spacial score (nSPS) is 16.7. The molecular weight excluding hydrogens is 626 g/mol. The van der Waals surface area contributed by atoms with E-state index in [4.69, 9.17) is 14.4 Å². The third kappa shape index (κ3) is 8.95. The quantitative estimate of drug-likeness (QED) is 0.116. The van der Waals surface area contributed by atoms with Crippen LogP contribution in [0.2, 0.25) is 0 Å². The van der Waals surface area contributed by atoms with E-state index in [0.29, 0.717) is 30.8 Å². The van der Waals surface area contributed by atoms with Crippen molar-refractivity contribution in [2.24, 2.45) is 0 Å². The van der Waals surface area contributed by atoms with Gasteiger partial charge in [0.15, 0.2) is 0 Å². The topological polar surface area (TPSA) is 162 Å². The zero-order valence-electron chi connectivity index (χ0n) is 26.4. The molecule has 0 aliphatic carbocycles. The number of ether oxygens (including phenoxy) is 1. The van der Waals surface area contributed by atoms with Gasteiger partial charge in [-0.15, -0.1) is 0 Å². The molecule has 2 aliphatic heterocycles. The number of fused-ring (bicyclic) bond motifs is 1. The molecule has 0 atom stereocenters. The van der Waals surface area contributed by atoms with Crippen LogP contribution in [0.4, 0.5) is 10.5 Å². The summed E-state index contributed by atoms with van der Waals surface area (Å²) in [6, 6.07) is 14.8. The molecule has 2 aliphatic rings. The zero-order chi connectivity index (χ0) is 34.1.